The van der Waals surface area contributed by atoms with Gasteiger partial charge >= 0.3 is 0 Å². The van der Waals surface area contributed by atoms with Gasteiger partial charge in [0.1, 0.15) is 18.0 Å². The van der Waals surface area contributed by atoms with E-state index < -0.39 is 0 Å². The number of aliphatic hydroxyl groups excluding tert-OH is 1. The predicted molar refractivity (Wildman–Crippen MR) is 85.6 cm³/mol. The van der Waals surface area contributed by atoms with Gasteiger partial charge in [0, 0.05) is 12.6 Å². The first kappa shape index (κ1) is 15.3. The van der Waals surface area contributed by atoms with Gasteiger partial charge in [0.15, 0.2) is 0 Å². The molecule has 0 radical (unpaired) electrons. The number of anilines is 2. The third-order valence-corrected chi connectivity index (χ3v) is 3.39. The summed E-state index contributed by atoms with van der Waals surface area (Å²) < 4.78 is 0. The second kappa shape index (κ2) is 7.04. The van der Waals surface area contributed by atoms with E-state index in [1.165, 1.54) is 6.33 Å². The summed E-state index contributed by atoms with van der Waals surface area (Å²) in [5, 5.41) is 16.1. The molecule has 1 aromatic carbocycles. The summed E-state index contributed by atoms with van der Waals surface area (Å²) in [5.74, 6) is 1.84. The maximum Gasteiger partial charge on any atom is 0.135 e. The van der Waals surface area contributed by atoms with Gasteiger partial charge in [-0.05, 0) is 11.5 Å². The van der Waals surface area contributed by atoms with Crippen LogP contribution in [0.4, 0.5) is 11.6 Å². The lowest BCUT2D eigenvalue weighted by molar-refractivity contribution is 0.276. The van der Waals surface area contributed by atoms with Crippen LogP contribution in [0.2, 0.25) is 0 Å². The van der Waals surface area contributed by atoms with Crippen LogP contribution < -0.4 is 10.6 Å². The highest BCUT2D eigenvalue weighted by Crippen LogP contribution is 2.30. The largest absolute Gasteiger partial charge is 0.394 e. The fourth-order valence-corrected chi connectivity index (χ4v) is 2.34. The topological polar surface area (TPSA) is 70.1 Å². The molecule has 0 aliphatic heterocycles. The Morgan fingerprint density at radius 1 is 1.10 bits per heavy atom. The van der Waals surface area contributed by atoms with E-state index >= 15 is 0 Å². The highest BCUT2D eigenvalue weighted by Gasteiger charge is 2.18. The van der Waals surface area contributed by atoms with Crippen molar-refractivity contribution >= 4 is 11.6 Å². The minimum Gasteiger partial charge on any atom is -0.394 e. The van der Waals surface area contributed by atoms with Crippen LogP contribution in [-0.4, -0.2) is 28.7 Å². The molecule has 0 saturated heterocycles. The maximum atomic E-state index is 9.68. The molecule has 21 heavy (non-hydrogen) atoms. The number of nitrogens with zero attached hydrogens (tertiary/aromatic N) is 2. The molecule has 5 heteroatoms. The Morgan fingerprint density at radius 3 is 2.33 bits per heavy atom. The van der Waals surface area contributed by atoms with E-state index in [0.717, 1.165) is 22.8 Å². The summed E-state index contributed by atoms with van der Waals surface area (Å²) in [6.07, 6.45) is 1.53. The Labute approximate surface area is 125 Å². The van der Waals surface area contributed by atoms with Crippen LogP contribution >= 0.6 is 0 Å². The molecule has 0 aliphatic carbocycles. The van der Waals surface area contributed by atoms with Crippen molar-refractivity contribution in [1.82, 2.24) is 9.97 Å². The summed E-state index contributed by atoms with van der Waals surface area (Å²) >= 11 is 0. The highest BCUT2D eigenvalue weighted by atomic mass is 16.3. The van der Waals surface area contributed by atoms with Crippen LogP contribution in [0.1, 0.15) is 36.9 Å². The molecular formula is C16H22N4O. The van der Waals surface area contributed by atoms with Crippen LogP contribution in [0.5, 0.6) is 0 Å². The molecular weight excluding hydrogens is 264 g/mol. The quantitative estimate of drug-likeness (QED) is 0.761. The van der Waals surface area contributed by atoms with Crippen molar-refractivity contribution in [3.63, 3.8) is 0 Å². The van der Waals surface area contributed by atoms with Crippen LogP contribution in [0.3, 0.4) is 0 Å². The Kier molecular flexibility index (Phi) is 5.11. The fraction of sp³-hybridized carbons (Fsp3) is 0.375. The Morgan fingerprint density at radius 2 is 1.76 bits per heavy atom. The third-order valence-electron chi connectivity index (χ3n) is 3.39. The van der Waals surface area contributed by atoms with E-state index in [1.54, 1.807) is 0 Å². The van der Waals surface area contributed by atoms with Crippen molar-refractivity contribution in [3.05, 3.63) is 47.8 Å². The zero-order valence-corrected chi connectivity index (χ0v) is 12.7. The van der Waals surface area contributed by atoms with Gasteiger partial charge in [0.25, 0.3) is 0 Å². The molecule has 3 N–H and O–H groups in total. The fourth-order valence-electron chi connectivity index (χ4n) is 2.34. The van der Waals surface area contributed by atoms with E-state index in [-0.39, 0.29) is 18.6 Å². The van der Waals surface area contributed by atoms with Gasteiger partial charge in [-0.2, -0.15) is 0 Å². The molecule has 112 valence electrons. The standard InChI is InChI=1S/C16H22N4O/c1-11(2)14-15(17-3)18-10-19-16(14)20-13(9-21)12-7-5-4-6-8-12/h4-8,10-11,13,21H,9H2,1-3H3,(H2,17,18,19,20). The van der Waals surface area contributed by atoms with Crippen molar-refractivity contribution in [2.75, 3.05) is 24.3 Å². The highest BCUT2D eigenvalue weighted by molar-refractivity contribution is 5.59. The zero-order valence-electron chi connectivity index (χ0n) is 12.7. The van der Waals surface area contributed by atoms with Crippen molar-refractivity contribution in [2.24, 2.45) is 0 Å². The third kappa shape index (κ3) is 3.49. The number of benzene rings is 1. The molecule has 0 saturated carbocycles. The van der Waals surface area contributed by atoms with Gasteiger partial charge in [-0.1, -0.05) is 44.2 Å². The monoisotopic (exact) mass is 286 g/mol. The van der Waals surface area contributed by atoms with E-state index in [4.69, 9.17) is 0 Å². The van der Waals surface area contributed by atoms with Crippen molar-refractivity contribution in [2.45, 2.75) is 25.8 Å². The average molecular weight is 286 g/mol. The molecule has 0 amide bonds. The Hall–Kier alpha value is -2.14. The summed E-state index contributed by atoms with van der Waals surface area (Å²) in [6, 6.07) is 9.67. The molecule has 0 spiro atoms. The van der Waals surface area contributed by atoms with Crippen LogP contribution in [0, 0.1) is 0 Å². The first-order chi connectivity index (χ1) is 10.2. The summed E-state index contributed by atoms with van der Waals surface area (Å²) in [5.41, 5.74) is 2.05. The number of hydrogen-bond donors (Lipinski definition) is 3. The second-order valence-electron chi connectivity index (χ2n) is 5.18. The number of rotatable bonds is 6. The summed E-state index contributed by atoms with van der Waals surface area (Å²) in [6.45, 7) is 4.20. The lowest BCUT2D eigenvalue weighted by Crippen LogP contribution is -2.18. The Bertz CT molecular complexity index is 572. The number of hydrogen-bond acceptors (Lipinski definition) is 5. The first-order valence-electron chi connectivity index (χ1n) is 7.12. The minimum atomic E-state index is -0.191. The minimum absolute atomic E-state index is 0.000435. The van der Waals surface area contributed by atoms with Gasteiger partial charge in [-0.3, -0.25) is 0 Å². The molecule has 0 bridgehead atoms. The molecule has 1 heterocycles. The van der Waals surface area contributed by atoms with E-state index in [2.05, 4.69) is 34.4 Å². The predicted octanol–water partition coefficient (Wildman–Crippen LogP) is 2.79. The van der Waals surface area contributed by atoms with E-state index in [0.29, 0.717) is 0 Å². The molecule has 1 atom stereocenters. The van der Waals surface area contributed by atoms with Crippen LogP contribution in [-0.2, 0) is 0 Å². The SMILES string of the molecule is CNc1ncnc(NC(CO)c2ccccc2)c1C(C)C. The first-order valence-corrected chi connectivity index (χ1v) is 7.12. The van der Waals surface area contributed by atoms with Gasteiger partial charge in [-0.15, -0.1) is 0 Å². The number of nitrogens with one attached hydrogen (secondary N) is 2. The maximum absolute atomic E-state index is 9.68. The second-order valence-corrected chi connectivity index (χ2v) is 5.18. The average Bonchev–Trinajstić information content (AvgIpc) is 2.52. The molecule has 1 aromatic heterocycles. The van der Waals surface area contributed by atoms with Crippen molar-refractivity contribution in [3.8, 4) is 0 Å². The zero-order chi connectivity index (χ0) is 15.2. The normalized spacial score (nSPS) is 12.2. The van der Waals surface area contributed by atoms with Crippen LogP contribution in [0.15, 0.2) is 36.7 Å². The number of aromatic nitrogens is 2. The van der Waals surface area contributed by atoms with Crippen LogP contribution in [0.25, 0.3) is 0 Å². The van der Waals surface area contributed by atoms with Gasteiger partial charge in [0.05, 0.1) is 12.6 Å². The van der Waals surface area contributed by atoms with E-state index in [1.807, 2.05) is 37.4 Å². The molecule has 0 fully saturated rings. The van der Waals surface area contributed by atoms with E-state index in [9.17, 15) is 5.11 Å². The summed E-state index contributed by atoms with van der Waals surface area (Å²) in [4.78, 5) is 8.61. The van der Waals surface area contributed by atoms with Gasteiger partial charge < -0.3 is 15.7 Å². The van der Waals surface area contributed by atoms with Crippen molar-refractivity contribution < 1.29 is 5.11 Å². The van der Waals surface area contributed by atoms with Crippen molar-refractivity contribution in [1.29, 1.82) is 0 Å². The molecule has 2 rings (SSSR count). The summed E-state index contributed by atoms with van der Waals surface area (Å²) in [7, 11) is 1.85. The van der Waals surface area contributed by atoms with Gasteiger partial charge in [0.2, 0.25) is 0 Å². The lowest BCUT2D eigenvalue weighted by Gasteiger charge is -2.22. The number of aliphatic hydroxyl groups is 1. The smallest absolute Gasteiger partial charge is 0.135 e. The molecule has 1 unspecified atom stereocenters. The lowest BCUT2D eigenvalue weighted by atomic mass is 10.0. The Balaban J connectivity index is 2.34. The molecule has 5 nitrogen and oxygen atoms in total. The van der Waals surface area contributed by atoms with Gasteiger partial charge in [-0.25, -0.2) is 9.97 Å². The molecule has 0 aliphatic rings. The molecule has 2 aromatic rings.